The Kier molecular flexibility index (Phi) is 2.72. The summed E-state index contributed by atoms with van der Waals surface area (Å²) in [6, 6.07) is 7.34. The lowest BCUT2D eigenvalue weighted by Gasteiger charge is -2.22. The summed E-state index contributed by atoms with van der Waals surface area (Å²) in [5.41, 5.74) is 6.76. The third-order valence-electron chi connectivity index (χ3n) is 2.02. The van der Waals surface area contributed by atoms with Gasteiger partial charge >= 0.3 is 0 Å². The number of rotatable bonds is 2. The van der Waals surface area contributed by atoms with Gasteiger partial charge in [0.15, 0.2) is 0 Å². The van der Waals surface area contributed by atoms with Gasteiger partial charge in [-0.25, -0.2) is 0 Å². The average molecular weight is 175 g/mol. The van der Waals surface area contributed by atoms with Gasteiger partial charge in [0.1, 0.15) is 0 Å². The standard InChI is InChI=1S/C11H13NO/c1-3-9-5-4-6-10(7-9)11(2,12)8-13/h1,4-7,13H,8,12H2,2H3. The number of hydrogen-bond acceptors (Lipinski definition) is 2. The van der Waals surface area contributed by atoms with Crippen LogP contribution in [0.15, 0.2) is 24.3 Å². The third-order valence-corrected chi connectivity index (χ3v) is 2.02. The first-order chi connectivity index (χ1) is 6.10. The second kappa shape index (κ2) is 3.61. The van der Waals surface area contributed by atoms with Crippen LogP contribution in [0.25, 0.3) is 0 Å². The Morgan fingerprint density at radius 3 is 2.85 bits per heavy atom. The number of nitrogens with two attached hydrogens (primary N) is 1. The number of terminal acetylenes is 1. The molecule has 0 aliphatic carbocycles. The largest absolute Gasteiger partial charge is 0.394 e. The van der Waals surface area contributed by atoms with Crippen molar-refractivity contribution in [3.05, 3.63) is 35.4 Å². The van der Waals surface area contributed by atoms with Crippen LogP contribution in [0.3, 0.4) is 0 Å². The second-order valence-corrected chi connectivity index (χ2v) is 3.30. The molecule has 3 N–H and O–H groups in total. The Balaban J connectivity index is 3.10. The molecule has 0 aliphatic rings. The molecule has 0 aromatic heterocycles. The van der Waals surface area contributed by atoms with Crippen LogP contribution in [-0.2, 0) is 5.54 Å². The van der Waals surface area contributed by atoms with Crippen molar-refractivity contribution in [1.29, 1.82) is 0 Å². The maximum atomic E-state index is 9.03. The van der Waals surface area contributed by atoms with Gasteiger partial charge in [-0.05, 0) is 24.6 Å². The summed E-state index contributed by atoms with van der Waals surface area (Å²) in [5.74, 6) is 2.53. The maximum Gasteiger partial charge on any atom is 0.0650 e. The summed E-state index contributed by atoms with van der Waals surface area (Å²) in [7, 11) is 0. The van der Waals surface area contributed by atoms with Gasteiger partial charge in [-0.1, -0.05) is 18.1 Å². The van der Waals surface area contributed by atoms with Gasteiger partial charge in [0.2, 0.25) is 0 Å². The highest BCUT2D eigenvalue weighted by molar-refractivity contribution is 5.37. The lowest BCUT2D eigenvalue weighted by molar-refractivity contribution is 0.210. The molecule has 0 fully saturated rings. The minimum atomic E-state index is -0.715. The Morgan fingerprint density at radius 1 is 1.62 bits per heavy atom. The quantitative estimate of drug-likeness (QED) is 0.654. The van der Waals surface area contributed by atoms with E-state index in [1.54, 1.807) is 6.92 Å². The highest BCUT2D eigenvalue weighted by Gasteiger charge is 2.19. The molecule has 68 valence electrons. The van der Waals surface area contributed by atoms with E-state index in [0.29, 0.717) is 0 Å². The first kappa shape index (κ1) is 9.79. The average Bonchev–Trinajstić information content (AvgIpc) is 2.18. The highest BCUT2D eigenvalue weighted by atomic mass is 16.3. The molecule has 1 unspecified atom stereocenters. The normalized spacial score (nSPS) is 14.6. The second-order valence-electron chi connectivity index (χ2n) is 3.30. The van der Waals surface area contributed by atoms with E-state index >= 15 is 0 Å². The van der Waals surface area contributed by atoms with Crippen molar-refractivity contribution in [3.63, 3.8) is 0 Å². The molecule has 2 nitrogen and oxygen atoms in total. The molecular formula is C11H13NO. The fourth-order valence-corrected chi connectivity index (χ4v) is 1.06. The summed E-state index contributed by atoms with van der Waals surface area (Å²) in [5, 5.41) is 9.03. The summed E-state index contributed by atoms with van der Waals surface area (Å²) < 4.78 is 0. The first-order valence-electron chi connectivity index (χ1n) is 4.07. The van der Waals surface area contributed by atoms with E-state index in [0.717, 1.165) is 11.1 Å². The van der Waals surface area contributed by atoms with Gasteiger partial charge in [-0.2, -0.15) is 0 Å². The fourth-order valence-electron chi connectivity index (χ4n) is 1.06. The van der Waals surface area contributed by atoms with Crippen molar-refractivity contribution >= 4 is 0 Å². The maximum absolute atomic E-state index is 9.03. The molecule has 0 amide bonds. The van der Waals surface area contributed by atoms with E-state index in [9.17, 15) is 0 Å². The zero-order valence-corrected chi connectivity index (χ0v) is 7.62. The predicted molar refractivity (Wildman–Crippen MR) is 53.0 cm³/mol. The van der Waals surface area contributed by atoms with Gasteiger partial charge in [0.05, 0.1) is 12.1 Å². The zero-order chi connectivity index (χ0) is 9.90. The van der Waals surface area contributed by atoms with E-state index in [1.807, 2.05) is 24.3 Å². The lowest BCUT2D eigenvalue weighted by atomic mass is 9.93. The smallest absolute Gasteiger partial charge is 0.0650 e. The first-order valence-corrected chi connectivity index (χ1v) is 4.07. The summed E-state index contributed by atoms with van der Waals surface area (Å²) in [6.45, 7) is 1.67. The van der Waals surface area contributed by atoms with Crippen LogP contribution in [-0.4, -0.2) is 11.7 Å². The van der Waals surface area contributed by atoms with Crippen LogP contribution in [0.4, 0.5) is 0 Å². The Hall–Kier alpha value is -1.30. The van der Waals surface area contributed by atoms with E-state index in [-0.39, 0.29) is 6.61 Å². The minimum absolute atomic E-state index is 0.0962. The molecule has 1 atom stereocenters. The molecule has 1 aromatic carbocycles. The molecule has 1 aromatic rings. The molecule has 13 heavy (non-hydrogen) atoms. The fraction of sp³-hybridized carbons (Fsp3) is 0.273. The van der Waals surface area contributed by atoms with E-state index in [1.165, 1.54) is 0 Å². The Labute approximate surface area is 78.4 Å². The number of hydrogen-bond donors (Lipinski definition) is 2. The molecule has 0 heterocycles. The van der Waals surface area contributed by atoms with Crippen molar-refractivity contribution in [2.45, 2.75) is 12.5 Å². The third kappa shape index (κ3) is 2.09. The van der Waals surface area contributed by atoms with Gasteiger partial charge in [0, 0.05) is 5.56 Å². The summed E-state index contributed by atoms with van der Waals surface area (Å²) >= 11 is 0. The van der Waals surface area contributed by atoms with Crippen molar-refractivity contribution < 1.29 is 5.11 Å². The van der Waals surface area contributed by atoms with Crippen LogP contribution in [0, 0.1) is 12.3 Å². The monoisotopic (exact) mass is 175 g/mol. The van der Waals surface area contributed by atoms with E-state index < -0.39 is 5.54 Å². The molecule has 0 radical (unpaired) electrons. The highest BCUT2D eigenvalue weighted by Crippen LogP contribution is 2.17. The van der Waals surface area contributed by atoms with Crippen LogP contribution in [0.1, 0.15) is 18.1 Å². The molecule has 0 saturated carbocycles. The molecular weight excluding hydrogens is 162 g/mol. The summed E-state index contributed by atoms with van der Waals surface area (Å²) in [4.78, 5) is 0. The van der Waals surface area contributed by atoms with E-state index in [4.69, 9.17) is 17.3 Å². The Bertz CT molecular complexity index is 336. The Morgan fingerprint density at radius 2 is 2.31 bits per heavy atom. The molecule has 0 saturated heterocycles. The zero-order valence-electron chi connectivity index (χ0n) is 7.62. The number of benzene rings is 1. The predicted octanol–water partition coefficient (Wildman–Crippen LogP) is 0.834. The minimum Gasteiger partial charge on any atom is -0.394 e. The van der Waals surface area contributed by atoms with Crippen LogP contribution in [0.2, 0.25) is 0 Å². The molecule has 2 heteroatoms. The van der Waals surface area contributed by atoms with Gasteiger partial charge < -0.3 is 10.8 Å². The lowest BCUT2D eigenvalue weighted by Crippen LogP contribution is -2.36. The SMILES string of the molecule is C#Cc1cccc(C(C)(N)CO)c1. The van der Waals surface area contributed by atoms with Crippen molar-refractivity contribution in [3.8, 4) is 12.3 Å². The van der Waals surface area contributed by atoms with Crippen molar-refractivity contribution in [1.82, 2.24) is 0 Å². The molecule has 0 bridgehead atoms. The number of aliphatic hydroxyl groups excluding tert-OH is 1. The van der Waals surface area contributed by atoms with Crippen LogP contribution >= 0.6 is 0 Å². The molecule has 1 rings (SSSR count). The van der Waals surface area contributed by atoms with Crippen molar-refractivity contribution in [2.75, 3.05) is 6.61 Å². The molecule has 0 aliphatic heterocycles. The van der Waals surface area contributed by atoms with Gasteiger partial charge in [-0.3, -0.25) is 0 Å². The molecule has 0 spiro atoms. The summed E-state index contributed by atoms with van der Waals surface area (Å²) in [6.07, 6.45) is 5.25. The van der Waals surface area contributed by atoms with Crippen LogP contribution in [0.5, 0.6) is 0 Å². The number of aliphatic hydroxyl groups is 1. The van der Waals surface area contributed by atoms with Crippen LogP contribution < -0.4 is 5.73 Å². The van der Waals surface area contributed by atoms with Crippen molar-refractivity contribution in [2.24, 2.45) is 5.73 Å². The van der Waals surface area contributed by atoms with Gasteiger partial charge in [-0.15, -0.1) is 6.42 Å². The van der Waals surface area contributed by atoms with E-state index in [2.05, 4.69) is 5.92 Å². The van der Waals surface area contributed by atoms with Gasteiger partial charge in [0.25, 0.3) is 0 Å². The topological polar surface area (TPSA) is 46.2 Å².